The largest absolute Gasteiger partial charge is 0.367 e. The molecule has 19 heavy (non-hydrogen) atoms. The molecule has 0 aliphatic carbocycles. The Balaban J connectivity index is 2.26. The maximum absolute atomic E-state index is 6.42. The van der Waals surface area contributed by atoms with Gasteiger partial charge in [-0.1, -0.05) is 17.7 Å². The van der Waals surface area contributed by atoms with Gasteiger partial charge in [0.2, 0.25) is 0 Å². The number of halogens is 2. The molecule has 0 saturated carbocycles. The highest BCUT2D eigenvalue weighted by atomic mass is 79.9. The average molecular weight is 341 g/mol. The number of fused-ring (bicyclic) bond motifs is 1. The van der Waals surface area contributed by atoms with Crippen molar-refractivity contribution in [2.24, 2.45) is 0 Å². The number of pyridine rings is 1. The summed E-state index contributed by atoms with van der Waals surface area (Å²) in [5.41, 5.74) is 3.31. The molecule has 3 rings (SSSR count). The van der Waals surface area contributed by atoms with Crippen LogP contribution in [0.15, 0.2) is 22.8 Å². The molecule has 100 valence electrons. The molecule has 1 N–H and O–H groups in total. The fourth-order valence-corrected chi connectivity index (χ4v) is 3.36. The Morgan fingerprint density at radius 3 is 2.79 bits per heavy atom. The van der Waals surface area contributed by atoms with Gasteiger partial charge < -0.3 is 10.2 Å². The van der Waals surface area contributed by atoms with Gasteiger partial charge in [-0.2, -0.15) is 0 Å². The number of benzene rings is 1. The molecule has 0 unspecified atom stereocenters. The Morgan fingerprint density at radius 1 is 1.32 bits per heavy atom. The Morgan fingerprint density at radius 2 is 2.05 bits per heavy atom. The van der Waals surface area contributed by atoms with Gasteiger partial charge in [0.15, 0.2) is 0 Å². The number of hydrogen-bond acceptors (Lipinski definition) is 3. The Labute approximate surface area is 126 Å². The summed E-state index contributed by atoms with van der Waals surface area (Å²) in [5.74, 6) is 0. The van der Waals surface area contributed by atoms with E-state index in [-0.39, 0.29) is 0 Å². The topological polar surface area (TPSA) is 28.2 Å². The van der Waals surface area contributed by atoms with E-state index in [0.29, 0.717) is 0 Å². The maximum atomic E-state index is 6.42. The van der Waals surface area contributed by atoms with Crippen molar-refractivity contribution in [1.82, 2.24) is 10.3 Å². The summed E-state index contributed by atoms with van der Waals surface area (Å²) >= 11 is 10.1. The highest BCUT2D eigenvalue weighted by Crippen LogP contribution is 2.38. The minimum atomic E-state index is 0.767. The molecule has 0 bridgehead atoms. The van der Waals surface area contributed by atoms with Gasteiger partial charge in [0, 0.05) is 37.8 Å². The van der Waals surface area contributed by atoms with E-state index < -0.39 is 0 Å². The smallest absolute Gasteiger partial charge is 0.0767 e. The predicted octanol–water partition coefficient (Wildman–Crippen LogP) is 3.37. The first-order chi connectivity index (χ1) is 9.18. The summed E-state index contributed by atoms with van der Waals surface area (Å²) < 4.78 is 1.01. The molecular weight excluding hydrogens is 326 g/mol. The molecule has 1 saturated heterocycles. The second-order valence-electron chi connectivity index (χ2n) is 4.78. The fraction of sp³-hybridized carbons (Fsp3) is 0.357. The number of piperazine rings is 1. The monoisotopic (exact) mass is 339 g/mol. The van der Waals surface area contributed by atoms with E-state index >= 15 is 0 Å². The number of anilines is 1. The first-order valence-corrected chi connectivity index (χ1v) is 7.54. The molecule has 2 heterocycles. The molecule has 2 aromatic rings. The van der Waals surface area contributed by atoms with Crippen LogP contribution in [-0.2, 0) is 0 Å². The maximum Gasteiger partial charge on any atom is 0.0767 e. The van der Waals surface area contributed by atoms with E-state index in [4.69, 9.17) is 11.6 Å². The molecule has 0 amide bonds. The van der Waals surface area contributed by atoms with Crippen LogP contribution in [0.25, 0.3) is 10.9 Å². The molecule has 1 aromatic carbocycles. The van der Waals surface area contributed by atoms with Gasteiger partial charge in [-0.3, -0.25) is 4.98 Å². The van der Waals surface area contributed by atoms with Crippen LogP contribution in [0, 0.1) is 6.92 Å². The van der Waals surface area contributed by atoms with Gasteiger partial charge in [0.05, 0.1) is 20.7 Å². The summed E-state index contributed by atoms with van der Waals surface area (Å²) in [7, 11) is 0. The third-order valence-corrected chi connectivity index (χ3v) is 4.43. The van der Waals surface area contributed by atoms with Crippen molar-refractivity contribution in [1.29, 1.82) is 0 Å². The molecule has 1 fully saturated rings. The summed E-state index contributed by atoms with van der Waals surface area (Å²) in [4.78, 5) is 6.89. The molecule has 3 nitrogen and oxygen atoms in total. The van der Waals surface area contributed by atoms with E-state index in [1.807, 2.05) is 18.3 Å². The zero-order valence-electron chi connectivity index (χ0n) is 10.7. The van der Waals surface area contributed by atoms with Gasteiger partial charge in [0.1, 0.15) is 0 Å². The van der Waals surface area contributed by atoms with Crippen molar-refractivity contribution in [2.75, 3.05) is 31.1 Å². The average Bonchev–Trinajstić information content (AvgIpc) is 2.44. The summed E-state index contributed by atoms with van der Waals surface area (Å²) in [6.45, 7) is 6.05. The Kier molecular flexibility index (Phi) is 3.65. The standard InChI is InChI=1S/C14H15BrClN3/c1-9-2-3-11(16)12-13(9)18-8-10(15)14(12)19-6-4-17-5-7-19/h2-3,8,17H,4-7H2,1H3. The van der Waals surface area contributed by atoms with Crippen LogP contribution in [-0.4, -0.2) is 31.2 Å². The summed E-state index contributed by atoms with van der Waals surface area (Å²) in [6, 6.07) is 3.98. The van der Waals surface area contributed by atoms with Crippen LogP contribution in [0.2, 0.25) is 5.02 Å². The lowest BCUT2D eigenvalue weighted by molar-refractivity contribution is 0.589. The number of hydrogen-bond donors (Lipinski definition) is 1. The second kappa shape index (κ2) is 5.27. The van der Waals surface area contributed by atoms with E-state index in [9.17, 15) is 0 Å². The van der Waals surface area contributed by atoms with Crippen molar-refractivity contribution in [3.63, 3.8) is 0 Å². The molecule has 0 atom stereocenters. The number of rotatable bonds is 1. The zero-order valence-corrected chi connectivity index (χ0v) is 13.1. The SMILES string of the molecule is Cc1ccc(Cl)c2c(N3CCNCC3)c(Br)cnc12. The first-order valence-electron chi connectivity index (χ1n) is 6.37. The minimum absolute atomic E-state index is 0.767. The number of aryl methyl sites for hydroxylation is 1. The van der Waals surface area contributed by atoms with Crippen molar-refractivity contribution in [3.8, 4) is 0 Å². The Bertz CT molecular complexity index is 624. The second-order valence-corrected chi connectivity index (χ2v) is 6.04. The number of nitrogens with one attached hydrogen (secondary N) is 1. The normalized spacial score (nSPS) is 16.1. The lowest BCUT2D eigenvalue weighted by atomic mass is 10.1. The molecule has 1 aromatic heterocycles. The van der Waals surface area contributed by atoms with Gasteiger partial charge in [-0.05, 0) is 34.5 Å². The lowest BCUT2D eigenvalue weighted by Crippen LogP contribution is -2.43. The van der Waals surface area contributed by atoms with Crippen LogP contribution >= 0.6 is 27.5 Å². The lowest BCUT2D eigenvalue weighted by Gasteiger charge is -2.31. The summed E-state index contributed by atoms with van der Waals surface area (Å²) in [6.07, 6.45) is 1.88. The van der Waals surface area contributed by atoms with E-state index in [1.165, 1.54) is 5.69 Å². The highest BCUT2D eigenvalue weighted by Gasteiger charge is 2.19. The van der Waals surface area contributed by atoms with Crippen LogP contribution < -0.4 is 10.2 Å². The van der Waals surface area contributed by atoms with Crippen molar-refractivity contribution < 1.29 is 0 Å². The van der Waals surface area contributed by atoms with Gasteiger partial charge in [-0.15, -0.1) is 0 Å². The minimum Gasteiger partial charge on any atom is -0.367 e. The van der Waals surface area contributed by atoms with Gasteiger partial charge in [-0.25, -0.2) is 0 Å². The van der Waals surface area contributed by atoms with Crippen LogP contribution in [0.5, 0.6) is 0 Å². The quantitative estimate of drug-likeness (QED) is 0.863. The van der Waals surface area contributed by atoms with Crippen LogP contribution in [0.4, 0.5) is 5.69 Å². The third kappa shape index (κ3) is 2.33. The molecule has 0 radical (unpaired) electrons. The molecule has 0 spiro atoms. The van der Waals surface area contributed by atoms with Crippen LogP contribution in [0.1, 0.15) is 5.56 Å². The first kappa shape index (κ1) is 13.2. The highest BCUT2D eigenvalue weighted by molar-refractivity contribution is 9.10. The van der Waals surface area contributed by atoms with Crippen molar-refractivity contribution >= 4 is 44.1 Å². The molecule has 1 aliphatic heterocycles. The third-order valence-electron chi connectivity index (χ3n) is 3.53. The Hall–Kier alpha value is -0.840. The van der Waals surface area contributed by atoms with Crippen molar-refractivity contribution in [2.45, 2.75) is 6.92 Å². The van der Waals surface area contributed by atoms with E-state index in [1.54, 1.807) is 0 Å². The zero-order chi connectivity index (χ0) is 13.4. The van der Waals surface area contributed by atoms with E-state index in [2.05, 4.69) is 38.1 Å². The van der Waals surface area contributed by atoms with Crippen LogP contribution in [0.3, 0.4) is 0 Å². The summed E-state index contributed by atoms with van der Waals surface area (Å²) in [5, 5.41) is 5.19. The molecular formula is C14H15BrClN3. The van der Waals surface area contributed by atoms with E-state index in [0.717, 1.165) is 52.1 Å². The molecule has 5 heteroatoms. The fourth-order valence-electron chi connectivity index (χ4n) is 2.56. The van der Waals surface area contributed by atoms with Gasteiger partial charge in [0.25, 0.3) is 0 Å². The van der Waals surface area contributed by atoms with Crippen molar-refractivity contribution in [3.05, 3.63) is 33.4 Å². The van der Waals surface area contributed by atoms with Gasteiger partial charge >= 0.3 is 0 Å². The molecule has 1 aliphatic rings. The number of aromatic nitrogens is 1. The number of nitrogens with zero attached hydrogens (tertiary/aromatic N) is 2. The predicted molar refractivity (Wildman–Crippen MR) is 84.3 cm³/mol.